The molecule has 0 aliphatic heterocycles. The standard InChI is InChI=1S/C15H15ClS/c1-3-17-14-6-4-5-12(9-14)15-10-13(16)8-7-11(15)2/h4-10H,3H2,1-2H3. The molecule has 0 nitrogen and oxygen atoms in total. The number of halogens is 1. The van der Waals surface area contributed by atoms with E-state index in [4.69, 9.17) is 11.6 Å². The van der Waals surface area contributed by atoms with Crippen LogP contribution in [0.5, 0.6) is 0 Å². The van der Waals surface area contributed by atoms with Gasteiger partial charge < -0.3 is 0 Å². The summed E-state index contributed by atoms with van der Waals surface area (Å²) >= 11 is 7.92. The first-order chi connectivity index (χ1) is 8.20. The second-order valence-electron chi connectivity index (χ2n) is 3.92. The summed E-state index contributed by atoms with van der Waals surface area (Å²) < 4.78 is 0. The molecule has 2 aromatic carbocycles. The van der Waals surface area contributed by atoms with E-state index < -0.39 is 0 Å². The van der Waals surface area contributed by atoms with Gasteiger partial charge in [0.25, 0.3) is 0 Å². The van der Waals surface area contributed by atoms with Crippen LogP contribution >= 0.6 is 23.4 Å². The highest BCUT2D eigenvalue weighted by atomic mass is 35.5. The van der Waals surface area contributed by atoms with E-state index in [1.807, 2.05) is 23.9 Å². The second kappa shape index (κ2) is 5.61. The smallest absolute Gasteiger partial charge is 0.0412 e. The molecule has 0 bridgehead atoms. The van der Waals surface area contributed by atoms with Crippen LogP contribution in [0.25, 0.3) is 11.1 Å². The summed E-state index contributed by atoms with van der Waals surface area (Å²) in [7, 11) is 0. The van der Waals surface area contributed by atoms with Crippen LogP contribution in [0, 0.1) is 6.92 Å². The average Bonchev–Trinajstić information content (AvgIpc) is 2.33. The third kappa shape index (κ3) is 3.05. The van der Waals surface area contributed by atoms with Crippen LogP contribution < -0.4 is 0 Å². The molecule has 0 aliphatic carbocycles. The third-order valence-electron chi connectivity index (χ3n) is 2.66. The first-order valence-electron chi connectivity index (χ1n) is 5.70. The fourth-order valence-corrected chi connectivity index (χ4v) is 2.72. The Morgan fingerprint density at radius 2 is 1.94 bits per heavy atom. The minimum Gasteiger partial charge on any atom is -0.126 e. The van der Waals surface area contributed by atoms with Gasteiger partial charge in [0.15, 0.2) is 0 Å². The molecule has 0 aliphatic rings. The number of thioether (sulfide) groups is 1. The molecule has 0 saturated heterocycles. The van der Waals surface area contributed by atoms with Gasteiger partial charge >= 0.3 is 0 Å². The molecule has 0 N–H and O–H groups in total. The van der Waals surface area contributed by atoms with Crippen molar-refractivity contribution in [1.82, 2.24) is 0 Å². The van der Waals surface area contributed by atoms with Gasteiger partial charge in [-0.05, 0) is 53.6 Å². The van der Waals surface area contributed by atoms with Crippen molar-refractivity contribution in [3.63, 3.8) is 0 Å². The summed E-state index contributed by atoms with van der Waals surface area (Å²) in [6, 6.07) is 14.7. The Morgan fingerprint density at radius 3 is 2.71 bits per heavy atom. The van der Waals surface area contributed by atoms with E-state index >= 15 is 0 Å². The number of rotatable bonds is 3. The SMILES string of the molecule is CCSc1cccc(-c2cc(Cl)ccc2C)c1. The maximum Gasteiger partial charge on any atom is 0.0412 e. The molecule has 17 heavy (non-hydrogen) atoms. The van der Waals surface area contributed by atoms with Crippen molar-refractivity contribution in [3.8, 4) is 11.1 Å². The predicted molar refractivity (Wildman–Crippen MR) is 78.0 cm³/mol. The lowest BCUT2D eigenvalue weighted by Gasteiger charge is -2.08. The van der Waals surface area contributed by atoms with Crippen molar-refractivity contribution in [1.29, 1.82) is 0 Å². The summed E-state index contributed by atoms with van der Waals surface area (Å²) in [6.45, 7) is 4.28. The highest BCUT2D eigenvalue weighted by Gasteiger charge is 2.03. The van der Waals surface area contributed by atoms with Gasteiger partial charge in [0.1, 0.15) is 0 Å². The van der Waals surface area contributed by atoms with E-state index in [1.165, 1.54) is 21.6 Å². The van der Waals surface area contributed by atoms with E-state index in [-0.39, 0.29) is 0 Å². The van der Waals surface area contributed by atoms with Crippen LogP contribution in [-0.2, 0) is 0 Å². The first kappa shape index (κ1) is 12.5. The van der Waals surface area contributed by atoms with Crippen LogP contribution in [0.2, 0.25) is 5.02 Å². The minimum absolute atomic E-state index is 0.791. The maximum atomic E-state index is 6.06. The largest absolute Gasteiger partial charge is 0.126 e. The topological polar surface area (TPSA) is 0 Å². The molecule has 0 heterocycles. The molecule has 2 aromatic rings. The van der Waals surface area contributed by atoms with Crippen molar-refractivity contribution in [2.75, 3.05) is 5.75 Å². The van der Waals surface area contributed by atoms with E-state index in [9.17, 15) is 0 Å². The van der Waals surface area contributed by atoms with E-state index in [2.05, 4.69) is 44.2 Å². The monoisotopic (exact) mass is 262 g/mol. The molecular weight excluding hydrogens is 248 g/mol. The summed E-state index contributed by atoms with van der Waals surface area (Å²) in [6.07, 6.45) is 0. The maximum absolute atomic E-state index is 6.06. The van der Waals surface area contributed by atoms with Gasteiger partial charge in [0.2, 0.25) is 0 Å². The predicted octanol–water partition coefficient (Wildman–Crippen LogP) is 5.43. The molecule has 0 aromatic heterocycles. The molecule has 0 atom stereocenters. The average molecular weight is 263 g/mol. The highest BCUT2D eigenvalue weighted by molar-refractivity contribution is 7.99. The zero-order chi connectivity index (χ0) is 12.3. The van der Waals surface area contributed by atoms with E-state index in [0.29, 0.717) is 0 Å². The Bertz CT molecular complexity index is 520. The zero-order valence-electron chi connectivity index (χ0n) is 10.0. The molecule has 2 rings (SSSR count). The molecule has 0 fully saturated rings. The Kier molecular flexibility index (Phi) is 4.14. The lowest BCUT2D eigenvalue weighted by atomic mass is 10.0. The van der Waals surface area contributed by atoms with Gasteiger partial charge in [0, 0.05) is 9.92 Å². The van der Waals surface area contributed by atoms with Gasteiger partial charge in [0.05, 0.1) is 0 Å². The number of benzene rings is 2. The number of hydrogen-bond donors (Lipinski definition) is 0. The van der Waals surface area contributed by atoms with Crippen LogP contribution in [0.1, 0.15) is 12.5 Å². The van der Waals surface area contributed by atoms with Gasteiger partial charge in [-0.1, -0.05) is 36.7 Å². The normalized spacial score (nSPS) is 10.5. The molecule has 0 spiro atoms. The molecular formula is C15H15ClS. The first-order valence-corrected chi connectivity index (χ1v) is 7.06. The molecule has 0 saturated carbocycles. The summed E-state index contributed by atoms with van der Waals surface area (Å²) in [5.41, 5.74) is 3.72. The fourth-order valence-electron chi connectivity index (χ4n) is 1.83. The Labute approximate surface area is 112 Å². The number of hydrogen-bond acceptors (Lipinski definition) is 1. The quantitative estimate of drug-likeness (QED) is 0.665. The lowest BCUT2D eigenvalue weighted by molar-refractivity contribution is 1.40. The van der Waals surface area contributed by atoms with Crippen LogP contribution in [-0.4, -0.2) is 5.75 Å². The van der Waals surface area contributed by atoms with Crippen molar-refractivity contribution in [3.05, 3.63) is 53.1 Å². The molecule has 88 valence electrons. The third-order valence-corrected chi connectivity index (χ3v) is 3.77. The van der Waals surface area contributed by atoms with Crippen LogP contribution in [0.3, 0.4) is 0 Å². The lowest BCUT2D eigenvalue weighted by Crippen LogP contribution is -1.84. The summed E-state index contributed by atoms with van der Waals surface area (Å²) in [5, 5.41) is 0.791. The van der Waals surface area contributed by atoms with E-state index in [1.54, 1.807) is 0 Å². The van der Waals surface area contributed by atoms with Crippen molar-refractivity contribution >= 4 is 23.4 Å². The Balaban J connectivity index is 2.45. The molecule has 2 heteroatoms. The van der Waals surface area contributed by atoms with Crippen molar-refractivity contribution in [2.45, 2.75) is 18.7 Å². The fraction of sp³-hybridized carbons (Fsp3) is 0.200. The number of aryl methyl sites for hydroxylation is 1. The van der Waals surface area contributed by atoms with Gasteiger partial charge in [-0.25, -0.2) is 0 Å². The minimum atomic E-state index is 0.791. The van der Waals surface area contributed by atoms with Crippen molar-refractivity contribution < 1.29 is 0 Å². The van der Waals surface area contributed by atoms with Crippen molar-refractivity contribution in [2.24, 2.45) is 0 Å². The second-order valence-corrected chi connectivity index (χ2v) is 5.69. The molecule has 0 amide bonds. The molecule has 0 radical (unpaired) electrons. The zero-order valence-corrected chi connectivity index (χ0v) is 11.6. The highest BCUT2D eigenvalue weighted by Crippen LogP contribution is 2.29. The Hall–Kier alpha value is -0.920. The molecule has 0 unspecified atom stereocenters. The van der Waals surface area contributed by atoms with Gasteiger partial charge in [-0.3, -0.25) is 0 Å². The summed E-state index contributed by atoms with van der Waals surface area (Å²) in [5.74, 6) is 1.10. The van der Waals surface area contributed by atoms with Crippen LogP contribution in [0.4, 0.5) is 0 Å². The van der Waals surface area contributed by atoms with Gasteiger partial charge in [-0.2, -0.15) is 0 Å². The summed E-state index contributed by atoms with van der Waals surface area (Å²) in [4.78, 5) is 1.31. The van der Waals surface area contributed by atoms with E-state index in [0.717, 1.165) is 10.8 Å². The Morgan fingerprint density at radius 1 is 1.12 bits per heavy atom. The van der Waals surface area contributed by atoms with Crippen LogP contribution in [0.15, 0.2) is 47.4 Å². The van der Waals surface area contributed by atoms with Gasteiger partial charge in [-0.15, -0.1) is 11.8 Å².